The monoisotopic (exact) mass is 322 g/mol. The van der Waals surface area contributed by atoms with Gasteiger partial charge in [-0.15, -0.1) is 0 Å². The summed E-state index contributed by atoms with van der Waals surface area (Å²) in [6, 6.07) is 13.3. The molecule has 122 valence electrons. The van der Waals surface area contributed by atoms with E-state index >= 15 is 0 Å². The van der Waals surface area contributed by atoms with E-state index in [1.165, 1.54) is 0 Å². The molecule has 1 heterocycles. The first-order valence-electron chi connectivity index (χ1n) is 7.85. The molecule has 5 heteroatoms. The number of carbonyl (C=O) groups excluding carboxylic acids is 3. The van der Waals surface area contributed by atoms with Gasteiger partial charge in [0.05, 0.1) is 16.8 Å². The van der Waals surface area contributed by atoms with E-state index in [1.54, 1.807) is 48.5 Å². The van der Waals surface area contributed by atoms with Crippen molar-refractivity contribution in [2.24, 2.45) is 5.92 Å². The fraction of sp³-hybridized carbons (Fsp3) is 0.211. The third-order valence-electron chi connectivity index (χ3n) is 3.83. The number of anilines is 1. The van der Waals surface area contributed by atoms with Crippen molar-refractivity contribution in [2.75, 3.05) is 11.4 Å². The van der Waals surface area contributed by atoms with Crippen molar-refractivity contribution in [2.45, 2.75) is 13.8 Å². The van der Waals surface area contributed by atoms with Crippen molar-refractivity contribution in [3.63, 3.8) is 0 Å². The van der Waals surface area contributed by atoms with Crippen LogP contribution in [0, 0.1) is 5.92 Å². The molecular formula is C19H18N2O3. The average molecular weight is 322 g/mol. The van der Waals surface area contributed by atoms with Crippen molar-refractivity contribution in [1.29, 1.82) is 0 Å². The van der Waals surface area contributed by atoms with Crippen LogP contribution in [-0.4, -0.2) is 24.3 Å². The zero-order valence-electron chi connectivity index (χ0n) is 13.6. The van der Waals surface area contributed by atoms with Crippen LogP contribution in [0.25, 0.3) is 0 Å². The smallest absolute Gasteiger partial charge is 0.266 e. The molecule has 1 N–H and O–H groups in total. The van der Waals surface area contributed by atoms with E-state index in [-0.39, 0.29) is 17.7 Å². The highest BCUT2D eigenvalue weighted by Gasteiger charge is 2.36. The van der Waals surface area contributed by atoms with Crippen LogP contribution in [-0.2, 0) is 0 Å². The third kappa shape index (κ3) is 2.80. The maximum absolute atomic E-state index is 12.5. The van der Waals surface area contributed by atoms with Crippen LogP contribution in [0.1, 0.15) is 44.9 Å². The summed E-state index contributed by atoms with van der Waals surface area (Å²) in [5, 5.41) is 2.83. The van der Waals surface area contributed by atoms with Crippen LogP contribution in [0.2, 0.25) is 0 Å². The Morgan fingerprint density at radius 2 is 1.62 bits per heavy atom. The summed E-state index contributed by atoms with van der Waals surface area (Å²) in [5.74, 6) is -0.610. The molecule has 2 aromatic rings. The van der Waals surface area contributed by atoms with E-state index in [0.29, 0.717) is 34.8 Å². The van der Waals surface area contributed by atoms with Gasteiger partial charge in [-0.1, -0.05) is 32.0 Å². The summed E-state index contributed by atoms with van der Waals surface area (Å²) in [6.45, 7) is 4.58. The van der Waals surface area contributed by atoms with Gasteiger partial charge in [-0.25, -0.2) is 4.90 Å². The Labute approximate surface area is 140 Å². The van der Waals surface area contributed by atoms with Gasteiger partial charge in [-0.3, -0.25) is 14.4 Å². The molecule has 5 nitrogen and oxygen atoms in total. The van der Waals surface area contributed by atoms with Gasteiger partial charge in [0.25, 0.3) is 17.7 Å². The van der Waals surface area contributed by atoms with E-state index in [1.807, 2.05) is 13.8 Å². The topological polar surface area (TPSA) is 66.5 Å². The van der Waals surface area contributed by atoms with Gasteiger partial charge in [0, 0.05) is 12.1 Å². The van der Waals surface area contributed by atoms with E-state index in [2.05, 4.69) is 5.32 Å². The third-order valence-corrected chi connectivity index (χ3v) is 3.83. The second-order valence-electron chi connectivity index (χ2n) is 6.15. The molecule has 0 atom stereocenters. The fourth-order valence-electron chi connectivity index (χ4n) is 2.61. The number of fused-ring (bicyclic) bond motifs is 1. The summed E-state index contributed by atoms with van der Waals surface area (Å²) in [4.78, 5) is 38.3. The van der Waals surface area contributed by atoms with Gasteiger partial charge in [0.15, 0.2) is 0 Å². The van der Waals surface area contributed by atoms with E-state index in [4.69, 9.17) is 0 Å². The minimum absolute atomic E-state index is 0.220. The zero-order valence-corrected chi connectivity index (χ0v) is 13.6. The number of carbonyl (C=O) groups is 3. The van der Waals surface area contributed by atoms with Crippen LogP contribution >= 0.6 is 0 Å². The van der Waals surface area contributed by atoms with Gasteiger partial charge in [-0.05, 0) is 36.2 Å². The lowest BCUT2D eigenvalue weighted by Gasteiger charge is -2.15. The van der Waals surface area contributed by atoms with Crippen molar-refractivity contribution >= 4 is 23.4 Å². The number of hydrogen-bond acceptors (Lipinski definition) is 3. The summed E-state index contributed by atoms with van der Waals surface area (Å²) in [5.41, 5.74) is 1.59. The minimum atomic E-state index is -0.365. The molecule has 3 rings (SSSR count). The first-order chi connectivity index (χ1) is 11.5. The van der Waals surface area contributed by atoms with Gasteiger partial charge < -0.3 is 5.32 Å². The van der Waals surface area contributed by atoms with E-state index < -0.39 is 0 Å². The lowest BCUT2D eigenvalue weighted by Crippen LogP contribution is -2.30. The fourth-order valence-corrected chi connectivity index (χ4v) is 2.61. The average Bonchev–Trinajstić information content (AvgIpc) is 2.84. The van der Waals surface area contributed by atoms with Gasteiger partial charge in [0.1, 0.15) is 0 Å². The number of imide groups is 1. The van der Waals surface area contributed by atoms with Crippen molar-refractivity contribution in [3.05, 3.63) is 65.2 Å². The summed E-state index contributed by atoms with van der Waals surface area (Å²) >= 11 is 0. The van der Waals surface area contributed by atoms with Crippen LogP contribution in [0.4, 0.5) is 5.69 Å². The Bertz CT molecular complexity index is 792. The minimum Gasteiger partial charge on any atom is -0.352 e. The normalized spacial score (nSPS) is 13.4. The molecular weight excluding hydrogens is 304 g/mol. The van der Waals surface area contributed by atoms with Crippen molar-refractivity contribution in [3.8, 4) is 0 Å². The molecule has 0 saturated carbocycles. The van der Waals surface area contributed by atoms with E-state index in [9.17, 15) is 14.4 Å². The predicted octanol–water partition coefficient (Wildman–Crippen LogP) is 2.87. The molecule has 0 aliphatic carbocycles. The lowest BCUT2D eigenvalue weighted by molar-refractivity contribution is 0.0919. The van der Waals surface area contributed by atoms with Crippen LogP contribution < -0.4 is 10.2 Å². The molecule has 0 aromatic heterocycles. The van der Waals surface area contributed by atoms with Gasteiger partial charge >= 0.3 is 0 Å². The number of benzene rings is 2. The highest BCUT2D eigenvalue weighted by atomic mass is 16.2. The quantitative estimate of drug-likeness (QED) is 0.880. The molecule has 24 heavy (non-hydrogen) atoms. The highest BCUT2D eigenvalue weighted by Crippen LogP contribution is 2.28. The maximum Gasteiger partial charge on any atom is 0.266 e. The van der Waals surface area contributed by atoms with Crippen molar-refractivity contribution in [1.82, 2.24) is 5.32 Å². The Hall–Kier alpha value is -2.95. The molecule has 1 aliphatic rings. The van der Waals surface area contributed by atoms with Crippen LogP contribution in [0.15, 0.2) is 48.5 Å². The molecule has 3 amide bonds. The largest absolute Gasteiger partial charge is 0.352 e. The van der Waals surface area contributed by atoms with E-state index in [0.717, 1.165) is 4.90 Å². The first kappa shape index (κ1) is 15.9. The summed E-state index contributed by atoms with van der Waals surface area (Å²) in [7, 11) is 0. The molecule has 0 spiro atoms. The molecule has 0 radical (unpaired) electrons. The second-order valence-corrected chi connectivity index (χ2v) is 6.15. The molecule has 0 saturated heterocycles. The zero-order chi connectivity index (χ0) is 17.3. The lowest BCUT2D eigenvalue weighted by atomic mass is 10.1. The van der Waals surface area contributed by atoms with Gasteiger partial charge in [0.2, 0.25) is 0 Å². The molecule has 0 fully saturated rings. The number of amides is 3. The highest BCUT2D eigenvalue weighted by molar-refractivity contribution is 6.34. The Balaban J connectivity index is 1.89. The molecule has 2 aromatic carbocycles. The van der Waals surface area contributed by atoms with Gasteiger partial charge in [-0.2, -0.15) is 0 Å². The van der Waals surface area contributed by atoms with Crippen LogP contribution in [0.3, 0.4) is 0 Å². The first-order valence-corrected chi connectivity index (χ1v) is 7.85. The standard InChI is InChI=1S/C19H18N2O3/c1-12(2)11-20-17(22)13-6-5-7-14(10-13)21-18(23)15-8-3-4-9-16(15)19(21)24/h3-10,12H,11H2,1-2H3,(H,20,22). The predicted molar refractivity (Wildman–Crippen MR) is 91.2 cm³/mol. The SMILES string of the molecule is CC(C)CNC(=O)c1cccc(N2C(=O)c3ccccc3C2=O)c1. The molecule has 1 aliphatic heterocycles. The number of nitrogens with zero attached hydrogens (tertiary/aromatic N) is 1. The Morgan fingerprint density at radius 3 is 2.21 bits per heavy atom. The maximum atomic E-state index is 12.5. The number of rotatable bonds is 4. The Kier molecular flexibility index (Phi) is 4.16. The van der Waals surface area contributed by atoms with Crippen LogP contribution in [0.5, 0.6) is 0 Å². The van der Waals surface area contributed by atoms with Crippen molar-refractivity contribution < 1.29 is 14.4 Å². The molecule has 0 unspecified atom stereocenters. The summed E-state index contributed by atoms with van der Waals surface area (Å²) in [6.07, 6.45) is 0. The number of hydrogen-bond donors (Lipinski definition) is 1. The molecule has 0 bridgehead atoms. The number of nitrogens with one attached hydrogen (secondary N) is 1. The Morgan fingerprint density at radius 1 is 1.00 bits per heavy atom. The summed E-state index contributed by atoms with van der Waals surface area (Å²) < 4.78 is 0. The second kappa shape index (κ2) is 6.28.